The highest BCUT2D eigenvalue weighted by atomic mass is 19.1. The summed E-state index contributed by atoms with van der Waals surface area (Å²) in [5.74, 6) is -0.264. The van der Waals surface area contributed by atoms with Crippen molar-refractivity contribution in [2.75, 3.05) is 25.0 Å². The van der Waals surface area contributed by atoms with Crippen molar-refractivity contribution in [3.63, 3.8) is 0 Å². The molecule has 3 N–H and O–H groups in total. The number of carbonyl (C=O) groups is 1. The number of hydrogen-bond acceptors (Lipinski definition) is 6. The van der Waals surface area contributed by atoms with Gasteiger partial charge in [-0.15, -0.1) is 0 Å². The standard InChI is InChI=1S/C27H24FN5O2/c28-22-8-3-5-19(15-22)12-13-30-26-24(27(34)31-17-20-6-4-14-33(35)18-20)10-11-25(32-26)23-9-2-1-7-21(23)16-29/h1-11,14-15,35H,12-13,17-18H2,(H,30,32)(H,31,34). The van der Waals surface area contributed by atoms with Crippen LogP contribution in [-0.2, 0) is 6.42 Å². The van der Waals surface area contributed by atoms with Gasteiger partial charge in [0.15, 0.2) is 0 Å². The second-order valence-electron chi connectivity index (χ2n) is 8.00. The molecule has 0 bridgehead atoms. The number of hydrogen-bond donors (Lipinski definition) is 3. The van der Waals surface area contributed by atoms with E-state index in [-0.39, 0.29) is 18.3 Å². The van der Waals surface area contributed by atoms with E-state index in [0.717, 1.165) is 16.2 Å². The molecule has 7 nitrogen and oxygen atoms in total. The summed E-state index contributed by atoms with van der Waals surface area (Å²) in [5, 5.41) is 26.2. The number of hydroxylamine groups is 2. The summed E-state index contributed by atoms with van der Waals surface area (Å²) in [6, 6.07) is 19.0. The second-order valence-corrected chi connectivity index (χ2v) is 8.00. The fourth-order valence-corrected chi connectivity index (χ4v) is 3.74. The predicted octanol–water partition coefficient (Wildman–Crippen LogP) is 4.29. The summed E-state index contributed by atoms with van der Waals surface area (Å²) in [7, 11) is 0. The average molecular weight is 470 g/mol. The number of nitrogens with one attached hydrogen (secondary N) is 2. The van der Waals surface area contributed by atoms with E-state index < -0.39 is 0 Å². The maximum Gasteiger partial charge on any atom is 0.255 e. The maximum atomic E-state index is 13.5. The van der Waals surface area contributed by atoms with Crippen LogP contribution in [0.1, 0.15) is 21.5 Å². The van der Waals surface area contributed by atoms with E-state index in [0.29, 0.717) is 47.7 Å². The van der Waals surface area contributed by atoms with E-state index >= 15 is 0 Å². The number of amides is 1. The highest BCUT2D eigenvalue weighted by molar-refractivity contribution is 5.99. The topological polar surface area (TPSA) is 101 Å². The molecule has 4 rings (SSSR count). The van der Waals surface area contributed by atoms with E-state index in [9.17, 15) is 19.7 Å². The molecule has 2 heterocycles. The number of rotatable bonds is 8. The zero-order valence-corrected chi connectivity index (χ0v) is 18.9. The lowest BCUT2D eigenvalue weighted by atomic mass is 10.0. The van der Waals surface area contributed by atoms with Gasteiger partial charge in [-0.3, -0.25) is 15.1 Å². The quantitative estimate of drug-likeness (QED) is 0.455. The number of nitriles is 1. The number of benzene rings is 2. The lowest BCUT2D eigenvalue weighted by molar-refractivity contribution is -0.0332. The summed E-state index contributed by atoms with van der Waals surface area (Å²) in [6.45, 7) is 0.995. The second kappa shape index (κ2) is 11.1. The molecule has 0 saturated carbocycles. The fourth-order valence-electron chi connectivity index (χ4n) is 3.74. The molecule has 0 aliphatic carbocycles. The van der Waals surface area contributed by atoms with Gasteiger partial charge in [0.1, 0.15) is 11.6 Å². The largest absolute Gasteiger partial charge is 0.369 e. The number of aromatic nitrogens is 1. The van der Waals surface area contributed by atoms with Gasteiger partial charge in [0.2, 0.25) is 0 Å². The summed E-state index contributed by atoms with van der Waals surface area (Å²) >= 11 is 0. The van der Waals surface area contributed by atoms with Gasteiger partial charge >= 0.3 is 0 Å². The Hall–Kier alpha value is -4.48. The Balaban J connectivity index is 1.56. The van der Waals surface area contributed by atoms with Crippen LogP contribution in [0.4, 0.5) is 10.2 Å². The number of anilines is 1. The first kappa shape index (κ1) is 23.7. The molecule has 0 unspecified atom stereocenters. The van der Waals surface area contributed by atoms with Crippen molar-refractivity contribution >= 4 is 11.7 Å². The minimum Gasteiger partial charge on any atom is -0.369 e. The zero-order chi connectivity index (χ0) is 24.6. The molecule has 3 aromatic rings. The highest BCUT2D eigenvalue weighted by Crippen LogP contribution is 2.25. The van der Waals surface area contributed by atoms with E-state index in [4.69, 9.17) is 0 Å². The molecule has 0 saturated heterocycles. The van der Waals surface area contributed by atoms with Crippen LogP contribution in [0.2, 0.25) is 0 Å². The zero-order valence-electron chi connectivity index (χ0n) is 18.9. The SMILES string of the molecule is N#Cc1ccccc1-c1ccc(C(=O)NCC2=CC=CN(O)C2)c(NCCc2cccc(F)c2)n1. The lowest BCUT2D eigenvalue weighted by Crippen LogP contribution is -2.30. The molecule has 35 heavy (non-hydrogen) atoms. The summed E-state index contributed by atoms with van der Waals surface area (Å²) < 4.78 is 13.5. The molecule has 0 radical (unpaired) electrons. The van der Waals surface area contributed by atoms with Crippen LogP contribution in [0.15, 0.2) is 84.6 Å². The lowest BCUT2D eigenvalue weighted by Gasteiger charge is -2.19. The molecule has 1 aliphatic rings. The Bertz CT molecular complexity index is 1330. The third kappa shape index (κ3) is 6.10. The van der Waals surface area contributed by atoms with Gasteiger partial charge in [-0.25, -0.2) is 9.37 Å². The molecular weight excluding hydrogens is 445 g/mol. The normalized spacial score (nSPS) is 12.6. The van der Waals surface area contributed by atoms with Crippen LogP contribution in [0, 0.1) is 17.1 Å². The van der Waals surface area contributed by atoms with Crippen LogP contribution in [0.25, 0.3) is 11.3 Å². The van der Waals surface area contributed by atoms with Crippen molar-refractivity contribution in [2.45, 2.75) is 6.42 Å². The summed E-state index contributed by atoms with van der Waals surface area (Å²) in [6.07, 6.45) is 5.61. The first-order chi connectivity index (χ1) is 17.0. The van der Waals surface area contributed by atoms with Crippen molar-refractivity contribution < 1.29 is 14.4 Å². The van der Waals surface area contributed by atoms with Crippen molar-refractivity contribution in [1.82, 2.24) is 15.4 Å². The molecule has 1 amide bonds. The molecule has 0 atom stereocenters. The Morgan fingerprint density at radius 3 is 2.83 bits per heavy atom. The van der Waals surface area contributed by atoms with Crippen LogP contribution < -0.4 is 10.6 Å². The van der Waals surface area contributed by atoms with Gasteiger partial charge in [-0.2, -0.15) is 5.26 Å². The first-order valence-electron chi connectivity index (χ1n) is 11.1. The van der Waals surface area contributed by atoms with Crippen molar-refractivity contribution in [2.24, 2.45) is 0 Å². The van der Waals surface area contributed by atoms with Crippen LogP contribution in [0.5, 0.6) is 0 Å². The first-order valence-corrected chi connectivity index (χ1v) is 11.1. The van der Waals surface area contributed by atoms with E-state index in [2.05, 4.69) is 21.7 Å². The minimum absolute atomic E-state index is 0.266. The monoisotopic (exact) mass is 469 g/mol. The van der Waals surface area contributed by atoms with Crippen LogP contribution in [-0.4, -0.2) is 40.8 Å². The third-order valence-electron chi connectivity index (χ3n) is 5.49. The highest BCUT2D eigenvalue weighted by Gasteiger charge is 2.16. The fraction of sp³-hybridized carbons (Fsp3) is 0.148. The smallest absolute Gasteiger partial charge is 0.255 e. The minimum atomic E-state index is -0.328. The van der Waals surface area contributed by atoms with Gasteiger partial charge in [0, 0.05) is 24.9 Å². The summed E-state index contributed by atoms with van der Waals surface area (Å²) in [4.78, 5) is 17.7. The molecule has 1 aliphatic heterocycles. The maximum absolute atomic E-state index is 13.5. The average Bonchev–Trinajstić information content (AvgIpc) is 2.87. The van der Waals surface area contributed by atoms with E-state index in [1.165, 1.54) is 18.3 Å². The van der Waals surface area contributed by atoms with Gasteiger partial charge < -0.3 is 10.6 Å². The van der Waals surface area contributed by atoms with Crippen molar-refractivity contribution in [3.05, 3.63) is 107 Å². The Labute approximate surface area is 202 Å². The Morgan fingerprint density at radius 2 is 2.03 bits per heavy atom. The molecular formula is C27H24FN5O2. The number of halogens is 1. The molecule has 0 spiro atoms. The van der Waals surface area contributed by atoms with E-state index in [1.807, 2.05) is 18.2 Å². The molecule has 1 aromatic heterocycles. The molecule has 8 heteroatoms. The van der Waals surface area contributed by atoms with Crippen LogP contribution >= 0.6 is 0 Å². The van der Waals surface area contributed by atoms with Gasteiger partial charge in [0.25, 0.3) is 5.91 Å². The predicted molar refractivity (Wildman–Crippen MR) is 131 cm³/mol. The van der Waals surface area contributed by atoms with Gasteiger partial charge in [-0.1, -0.05) is 36.4 Å². The third-order valence-corrected chi connectivity index (χ3v) is 5.49. The number of nitrogens with zero attached hydrogens (tertiary/aromatic N) is 3. The Morgan fingerprint density at radius 1 is 1.17 bits per heavy atom. The Kier molecular flexibility index (Phi) is 7.50. The van der Waals surface area contributed by atoms with E-state index in [1.54, 1.807) is 42.5 Å². The van der Waals surface area contributed by atoms with Crippen molar-refractivity contribution in [1.29, 1.82) is 5.26 Å². The summed E-state index contributed by atoms with van der Waals surface area (Å²) in [5.41, 5.74) is 3.71. The molecule has 0 fully saturated rings. The number of pyridine rings is 1. The number of allylic oxidation sites excluding steroid dienone is 2. The van der Waals surface area contributed by atoms with Crippen molar-refractivity contribution in [3.8, 4) is 17.3 Å². The van der Waals surface area contributed by atoms with Gasteiger partial charge in [0.05, 0.1) is 29.4 Å². The molecule has 2 aromatic carbocycles. The molecule has 176 valence electrons. The number of carbonyl (C=O) groups excluding carboxylic acids is 1. The van der Waals surface area contributed by atoms with Crippen LogP contribution in [0.3, 0.4) is 0 Å². The van der Waals surface area contributed by atoms with Gasteiger partial charge in [-0.05, 0) is 54.0 Å².